The molecule has 1 rings (SSSR count). The normalized spacial score (nSPS) is 9.55. The lowest BCUT2D eigenvalue weighted by Gasteiger charge is -1.87. The first-order valence-electron chi connectivity index (χ1n) is 3.54. The molecule has 0 bridgehead atoms. The quantitative estimate of drug-likeness (QED) is 0.371. The fourth-order valence-corrected chi connectivity index (χ4v) is 1.20. The summed E-state index contributed by atoms with van der Waals surface area (Å²) in [6.07, 6.45) is 0. The Labute approximate surface area is 85.2 Å². The zero-order chi connectivity index (χ0) is 7.89. The topological polar surface area (TPSA) is 8.81 Å². The van der Waals surface area contributed by atoms with Crippen molar-refractivity contribution in [3.63, 3.8) is 0 Å². The van der Waals surface area contributed by atoms with Crippen LogP contribution in [0.3, 0.4) is 0 Å². The molecule has 0 saturated heterocycles. The number of hydrogen-bond acceptors (Lipinski definition) is 0. The Hall–Kier alpha value is -0.0600. The smallest absolute Gasteiger partial charge is 0.253 e. The van der Waals surface area contributed by atoms with Crippen LogP contribution in [0.4, 0.5) is 0 Å². The highest BCUT2D eigenvalue weighted by molar-refractivity contribution is 5.05. The minimum Gasteiger partial charge on any atom is -1.00 e. The summed E-state index contributed by atoms with van der Waals surface area (Å²) in [5, 5.41) is 0. The van der Waals surface area contributed by atoms with E-state index < -0.39 is 0 Å². The van der Waals surface area contributed by atoms with Gasteiger partial charge in [-0.2, -0.15) is 0 Å². The first-order valence-corrected chi connectivity index (χ1v) is 3.54. The molecule has 0 atom stereocenters. The van der Waals surface area contributed by atoms with Crippen LogP contribution >= 0.6 is 0 Å². The second-order valence-electron chi connectivity index (χ2n) is 2.84. The van der Waals surface area contributed by atoms with Crippen molar-refractivity contribution < 1.29 is 28.5 Å². The van der Waals surface area contributed by atoms with E-state index in [1.54, 1.807) is 0 Å². The number of imidazole rings is 1. The molecule has 11 heavy (non-hydrogen) atoms. The van der Waals surface area contributed by atoms with E-state index >= 15 is 0 Å². The molecule has 1 aromatic heterocycles. The first kappa shape index (κ1) is 10.9. The van der Waals surface area contributed by atoms with E-state index in [4.69, 9.17) is 0 Å². The summed E-state index contributed by atoms with van der Waals surface area (Å²) in [6.45, 7) is 6.41. The molecule has 3 heteroatoms. The summed E-state index contributed by atoms with van der Waals surface area (Å²) in [5.74, 6) is 1.30. The Morgan fingerprint density at radius 1 is 1.18 bits per heavy atom. The summed E-state index contributed by atoms with van der Waals surface area (Å²) in [6, 6.07) is 0. The first-order chi connectivity index (χ1) is 4.55. The van der Waals surface area contributed by atoms with E-state index in [9.17, 15) is 0 Å². The van der Waals surface area contributed by atoms with Crippen LogP contribution in [0.15, 0.2) is 0 Å². The van der Waals surface area contributed by atoms with Crippen molar-refractivity contribution in [1.29, 1.82) is 0 Å². The van der Waals surface area contributed by atoms with Gasteiger partial charge < -0.3 is 24.0 Å². The van der Waals surface area contributed by atoms with Gasteiger partial charge in [0.1, 0.15) is 11.4 Å². The van der Waals surface area contributed by atoms with Crippen LogP contribution in [0.5, 0.6) is 0 Å². The predicted molar refractivity (Wildman–Crippen MR) is 40.8 cm³/mol. The molecule has 0 fully saturated rings. The van der Waals surface area contributed by atoms with Gasteiger partial charge >= 0.3 is 0 Å². The van der Waals surface area contributed by atoms with Crippen molar-refractivity contribution in [3.05, 3.63) is 17.2 Å². The highest BCUT2D eigenvalue weighted by Gasteiger charge is 2.14. The minimum absolute atomic E-state index is 0. The summed E-state index contributed by atoms with van der Waals surface area (Å²) >= 11 is 0. The van der Waals surface area contributed by atoms with E-state index in [0.29, 0.717) is 0 Å². The van der Waals surface area contributed by atoms with Gasteiger partial charge in [-0.05, 0) is 0 Å². The largest absolute Gasteiger partial charge is 1.00 e. The predicted octanol–water partition coefficient (Wildman–Crippen LogP) is -2.22. The third-order valence-electron chi connectivity index (χ3n) is 2.50. The highest BCUT2D eigenvalue weighted by Crippen LogP contribution is 2.02. The van der Waals surface area contributed by atoms with Gasteiger partial charge in [0.15, 0.2) is 0 Å². The maximum absolute atomic E-state index is 2.20. The van der Waals surface area contributed by atoms with Crippen LogP contribution in [-0.4, -0.2) is 4.57 Å². The Bertz CT molecular complexity index is 183. The lowest BCUT2D eigenvalue weighted by Crippen LogP contribution is -3.00. The average Bonchev–Trinajstić information content (AvgIpc) is 2.07. The van der Waals surface area contributed by atoms with Gasteiger partial charge in [-0.25, -0.2) is 9.13 Å². The summed E-state index contributed by atoms with van der Waals surface area (Å²) in [5.41, 5.74) is 2.69. The number of nitrogens with zero attached hydrogens (tertiary/aromatic N) is 2. The lowest BCUT2D eigenvalue weighted by molar-refractivity contribution is -0.683. The zero-order valence-electron chi connectivity index (χ0n) is 7.77. The Balaban J connectivity index is 0.000001000. The van der Waals surface area contributed by atoms with Crippen molar-refractivity contribution in [2.45, 2.75) is 20.8 Å². The van der Waals surface area contributed by atoms with Gasteiger partial charge in [0.05, 0.1) is 14.1 Å². The second kappa shape index (κ2) is 3.56. The van der Waals surface area contributed by atoms with Crippen LogP contribution < -0.4 is 28.5 Å². The van der Waals surface area contributed by atoms with Crippen LogP contribution in [0.1, 0.15) is 17.2 Å². The summed E-state index contributed by atoms with van der Waals surface area (Å²) < 4.78 is 4.41. The fourth-order valence-electron chi connectivity index (χ4n) is 1.20. The monoisotopic (exact) mass is 266 g/mol. The van der Waals surface area contributed by atoms with Crippen LogP contribution in [0.25, 0.3) is 0 Å². The average molecular weight is 266 g/mol. The Kier molecular flexibility index (Phi) is 3.54. The Morgan fingerprint density at radius 2 is 1.64 bits per heavy atom. The van der Waals surface area contributed by atoms with Crippen LogP contribution in [-0.2, 0) is 14.1 Å². The SMILES string of the molecule is Cc1c(C)[n+](C)c(C)n1C.[I-]. The molecule has 0 saturated carbocycles. The van der Waals surface area contributed by atoms with Crippen molar-refractivity contribution in [1.82, 2.24) is 4.57 Å². The highest BCUT2D eigenvalue weighted by atomic mass is 127. The van der Waals surface area contributed by atoms with Gasteiger partial charge in [-0.3, -0.25) is 0 Å². The maximum Gasteiger partial charge on any atom is 0.253 e. The second-order valence-corrected chi connectivity index (χ2v) is 2.84. The number of hydrogen-bond donors (Lipinski definition) is 0. The van der Waals surface area contributed by atoms with E-state index in [2.05, 4.69) is 44.0 Å². The fraction of sp³-hybridized carbons (Fsp3) is 0.625. The van der Waals surface area contributed by atoms with E-state index in [1.807, 2.05) is 0 Å². The van der Waals surface area contributed by atoms with Gasteiger partial charge in [0, 0.05) is 20.8 Å². The number of rotatable bonds is 0. The van der Waals surface area contributed by atoms with Crippen molar-refractivity contribution in [3.8, 4) is 0 Å². The summed E-state index contributed by atoms with van der Waals surface area (Å²) in [4.78, 5) is 0. The van der Waals surface area contributed by atoms with Crippen molar-refractivity contribution in [2.24, 2.45) is 14.1 Å². The molecular formula is C8H15IN2. The van der Waals surface area contributed by atoms with Gasteiger partial charge in [0.2, 0.25) is 0 Å². The molecule has 1 heterocycles. The molecule has 0 amide bonds. The number of aromatic nitrogens is 2. The molecule has 0 radical (unpaired) electrons. The van der Waals surface area contributed by atoms with Crippen LogP contribution in [0.2, 0.25) is 0 Å². The molecule has 0 N–H and O–H groups in total. The van der Waals surface area contributed by atoms with Gasteiger partial charge in [0.25, 0.3) is 5.82 Å². The van der Waals surface area contributed by atoms with Crippen molar-refractivity contribution >= 4 is 0 Å². The standard InChI is InChI=1S/C8H15N2.HI/c1-6-7(2)10(5)8(3)9(6)4;/h1-5H3;1H/q+1;/p-1. The third kappa shape index (κ3) is 1.58. The molecule has 0 aliphatic heterocycles. The molecule has 64 valence electrons. The van der Waals surface area contributed by atoms with E-state index in [-0.39, 0.29) is 24.0 Å². The molecule has 0 aromatic carbocycles. The Morgan fingerprint density at radius 3 is 1.73 bits per heavy atom. The molecule has 0 spiro atoms. The third-order valence-corrected chi connectivity index (χ3v) is 2.50. The molecular weight excluding hydrogens is 251 g/mol. The van der Waals surface area contributed by atoms with Gasteiger partial charge in [-0.15, -0.1) is 0 Å². The zero-order valence-corrected chi connectivity index (χ0v) is 9.93. The molecule has 0 unspecified atom stereocenters. The number of halogens is 1. The molecule has 2 nitrogen and oxygen atoms in total. The minimum atomic E-state index is 0. The summed E-state index contributed by atoms with van der Waals surface area (Å²) in [7, 11) is 4.19. The van der Waals surface area contributed by atoms with Gasteiger partial charge in [-0.1, -0.05) is 0 Å². The van der Waals surface area contributed by atoms with Crippen LogP contribution in [0, 0.1) is 20.8 Å². The molecule has 0 aliphatic rings. The maximum atomic E-state index is 2.20. The lowest BCUT2D eigenvalue weighted by atomic mass is 10.4. The van der Waals surface area contributed by atoms with Crippen molar-refractivity contribution in [2.75, 3.05) is 0 Å². The molecule has 0 aliphatic carbocycles. The molecule has 1 aromatic rings. The van der Waals surface area contributed by atoms with E-state index in [0.717, 1.165) is 0 Å². The van der Waals surface area contributed by atoms with E-state index in [1.165, 1.54) is 17.2 Å².